The van der Waals surface area contributed by atoms with Crippen molar-refractivity contribution in [1.29, 1.82) is 0 Å². The van der Waals surface area contributed by atoms with Gasteiger partial charge < -0.3 is 10.3 Å². The number of nitrogens with one attached hydrogen (secondary N) is 2. The Bertz CT molecular complexity index is 507. The summed E-state index contributed by atoms with van der Waals surface area (Å²) in [7, 11) is 0. The maximum absolute atomic E-state index is 13.2. The van der Waals surface area contributed by atoms with Crippen molar-refractivity contribution in [2.45, 2.75) is 19.4 Å². The van der Waals surface area contributed by atoms with Crippen LogP contribution in [0, 0.1) is 5.82 Å². The zero-order valence-electron chi connectivity index (χ0n) is 8.85. The van der Waals surface area contributed by atoms with Crippen LogP contribution in [0.25, 0.3) is 10.9 Å². The van der Waals surface area contributed by atoms with E-state index in [2.05, 4.69) is 10.3 Å². The van der Waals surface area contributed by atoms with Crippen molar-refractivity contribution < 1.29 is 4.39 Å². The molecule has 2 N–H and O–H groups in total. The van der Waals surface area contributed by atoms with Gasteiger partial charge in [-0.05, 0) is 43.1 Å². The first-order valence-corrected chi connectivity index (χ1v) is 5.34. The number of H-pyrrole nitrogens is 1. The third-order valence-electron chi connectivity index (χ3n) is 3.04. The lowest BCUT2D eigenvalue weighted by atomic mass is 10.1. The SMILES string of the molecule is Cl.Fc1ccc2[nH]c3c(c2c1)CNCCC3. The minimum Gasteiger partial charge on any atom is -0.358 e. The minimum absolute atomic E-state index is 0. The van der Waals surface area contributed by atoms with Crippen molar-refractivity contribution >= 4 is 23.3 Å². The third-order valence-corrected chi connectivity index (χ3v) is 3.04. The quantitative estimate of drug-likeness (QED) is 0.728. The van der Waals surface area contributed by atoms with E-state index in [-0.39, 0.29) is 18.2 Å². The van der Waals surface area contributed by atoms with Crippen LogP contribution in [0.3, 0.4) is 0 Å². The number of aromatic amines is 1. The monoisotopic (exact) mass is 240 g/mol. The highest BCUT2D eigenvalue weighted by Gasteiger charge is 2.13. The molecule has 4 heteroatoms. The lowest BCUT2D eigenvalue weighted by molar-refractivity contribution is 0.629. The van der Waals surface area contributed by atoms with Gasteiger partial charge in [-0.3, -0.25) is 0 Å². The molecule has 2 heterocycles. The van der Waals surface area contributed by atoms with Crippen molar-refractivity contribution in [1.82, 2.24) is 10.3 Å². The summed E-state index contributed by atoms with van der Waals surface area (Å²) in [6, 6.07) is 4.95. The van der Waals surface area contributed by atoms with Gasteiger partial charge in [0.2, 0.25) is 0 Å². The van der Waals surface area contributed by atoms with Crippen LogP contribution in [0.5, 0.6) is 0 Å². The van der Waals surface area contributed by atoms with Gasteiger partial charge in [0.25, 0.3) is 0 Å². The largest absolute Gasteiger partial charge is 0.358 e. The molecule has 0 radical (unpaired) electrons. The van der Waals surface area contributed by atoms with E-state index in [4.69, 9.17) is 0 Å². The summed E-state index contributed by atoms with van der Waals surface area (Å²) in [5.41, 5.74) is 3.55. The zero-order valence-corrected chi connectivity index (χ0v) is 9.66. The summed E-state index contributed by atoms with van der Waals surface area (Å²) in [5.74, 6) is -0.159. The number of hydrogen-bond acceptors (Lipinski definition) is 1. The Balaban J connectivity index is 0.000000963. The molecule has 0 atom stereocenters. The van der Waals surface area contributed by atoms with Crippen LogP contribution < -0.4 is 5.32 Å². The Hall–Kier alpha value is -1.06. The lowest BCUT2D eigenvalue weighted by Gasteiger charge is -1.99. The highest BCUT2D eigenvalue weighted by molar-refractivity contribution is 5.85. The Labute approximate surface area is 99.6 Å². The number of benzene rings is 1. The lowest BCUT2D eigenvalue weighted by Crippen LogP contribution is -2.11. The summed E-state index contributed by atoms with van der Waals surface area (Å²) in [5, 5.41) is 4.39. The fourth-order valence-electron chi connectivity index (χ4n) is 2.29. The molecule has 0 fully saturated rings. The second-order valence-corrected chi connectivity index (χ2v) is 4.05. The summed E-state index contributed by atoms with van der Waals surface area (Å²) in [6.45, 7) is 1.89. The van der Waals surface area contributed by atoms with Gasteiger partial charge in [-0.2, -0.15) is 0 Å². The van der Waals surface area contributed by atoms with E-state index in [1.165, 1.54) is 17.3 Å². The summed E-state index contributed by atoms with van der Waals surface area (Å²) in [4.78, 5) is 3.38. The molecule has 2 nitrogen and oxygen atoms in total. The zero-order chi connectivity index (χ0) is 10.3. The van der Waals surface area contributed by atoms with Crippen molar-refractivity contribution in [2.24, 2.45) is 0 Å². The number of aryl methyl sites for hydroxylation is 1. The molecule has 3 rings (SSSR count). The molecule has 0 unspecified atom stereocenters. The summed E-state index contributed by atoms with van der Waals surface area (Å²) in [6.07, 6.45) is 2.20. The van der Waals surface area contributed by atoms with Crippen LogP contribution in [-0.2, 0) is 13.0 Å². The normalized spacial score (nSPS) is 15.3. The van der Waals surface area contributed by atoms with Gasteiger partial charge in [0.05, 0.1) is 0 Å². The molecule has 86 valence electrons. The van der Waals surface area contributed by atoms with E-state index in [1.54, 1.807) is 6.07 Å². The minimum atomic E-state index is -0.159. The van der Waals surface area contributed by atoms with Gasteiger partial charge >= 0.3 is 0 Å². The van der Waals surface area contributed by atoms with Gasteiger partial charge in [-0.25, -0.2) is 4.39 Å². The van der Waals surface area contributed by atoms with Gasteiger partial charge in [-0.15, -0.1) is 12.4 Å². The van der Waals surface area contributed by atoms with Crippen molar-refractivity contribution in [2.75, 3.05) is 6.54 Å². The topological polar surface area (TPSA) is 27.8 Å². The number of fused-ring (bicyclic) bond motifs is 3. The Kier molecular flexibility index (Phi) is 3.17. The average Bonchev–Trinajstić information content (AvgIpc) is 2.44. The van der Waals surface area contributed by atoms with Gasteiger partial charge in [0.15, 0.2) is 0 Å². The molecular formula is C12H14ClFN2. The first kappa shape index (κ1) is 11.4. The number of rotatable bonds is 0. The molecule has 1 aromatic carbocycles. The Morgan fingerprint density at radius 3 is 3.00 bits per heavy atom. The molecule has 0 aliphatic carbocycles. The van der Waals surface area contributed by atoms with E-state index in [9.17, 15) is 4.39 Å². The van der Waals surface area contributed by atoms with Crippen molar-refractivity contribution in [3.8, 4) is 0 Å². The molecule has 0 saturated carbocycles. The smallest absolute Gasteiger partial charge is 0.123 e. The van der Waals surface area contributed by atoms with Gasteiger partial charge in [-0.1, -0.05) is 0 Å². The van der Waals surface area contributed by atoms with E-state index >= 15 is 0 Å². The molecular weight excluding hydrogens is 227 g/mol. The molecule has 0 bridgehead atoms. The predicted octanol–water partition coefficient (Wildman–Crippen LogP) is 2.76. The number of aromatic nitrogens is 1. The van der Waals surface area contributed by atoms with Crippen LogP contribution in [0.1, 0.15) is 17.7 Å². The average molecular weight is 241 g/mol. The van der Waals surface area contributed by atoms with Gasteiger partial charge in [0, 0.05) is 23.1 Å². The van der Waals surface area contributed by atoms with E-state index < -0.39 is 0 Å². The summed E-state index contributed by atoms with van der Waals surface area (Å²) >= 11 is 0. The molecule has 0 saturated heterocycles. The third kappa shape index (κ3) is 1.81. The summed E-state index contributed by atoms with van der Waals surface area (Å²) < 4.78 is 13.2. The molecule has 1 aliphatic heterocycles. The van der Waals surface area contributed by atoms with E-state index in [0.717, 1.165) is 36.8 Å². The highest BCUT2D eigenvalue weighted by Crippen LogP contribution is 2.25. The maximum Gasteiger partial charge on any atom is 0.123 e. The fraction of sp³-hybridized carbons (Fsp3) is 0.333. The second-order valence-electron chi connectivity index (χ2n) is 4.05. The van der Waals surface area contributed by atoms with Crippen LogP contribution in [0.15, 0.2) is 18.2 Å². The fourth-order valence-corrected chi connectivity index (χ4v) is 2.29. The second kappa shape index (κ2) is 4.44. The van der Waals surface area contributed by atoms with Crippen LogP contribution in [0.2, 0.25) is 0 Å². The van der Waals surface area contributed by atoms with E-state index in [1.807, 2.05) is 6.07 Å². The van der Waals surface area contributed by atoms with Crippen LogP contribution in [0.4, 0.5) is 4.39 Å². The Morgan fingerprint density at radius 1 is 1.25 bits per heavy atom. The molecule has 16 heavy (non-hydrogen) atoms. The predicted molar refractivity (Wildman–Crippen MR) is 65.5 cm³/mol. The number of halogens is 2. The molecule has 0 spiro atoms. The molecule has 1 aliphatic rings. The first-order chi connectivity index (χ1) is 7.34. The Morgan fingerprint density at radius 2 is 2.12 bits per heavy atom. The highest BCUT2D eigenvalue weighted by atomic mass is 35.5. The van der Waals surface area contributed by atoms with Crippen LogP contribution >= 0.6 is 12.4 Å². The van der Waals surface area contributed by atoms with Crippen molar-refractivity contribution in [3.63, 3.8) is 0 Å². The van der Waals surface area contributed by atoms with E-state index in [0.29, 0.717) is 0 Å². The maximum atomic E-state index is 13.2. The number of hydrogen-bond donors (Lipinski definition) is 2. The molecule has 2 aromatic rings. The van der Waals surface area contributed by atoms with Gasteiger partial charge in [0.1, 0.15) is 5.82 Å². The van der Waals surface area contributed by atoms with Crippen LogP contribution in [-0.4, -0.2) is 11.5 Å². The molecule has 1 aromatic heterocycles. The standard InChI is InChI=1S/C12H13FN2.ClH/c13-8-3-4-12-9(6-8)10-7-14-5-1-2-11(10)15-12;/h3-4,6,14-15H,1-2,5,7H2;1H. The molecule has 0 amide bonds. The first-order valence-electron chi connectivity index (χ1n) is 5.34. The van der Waals surface area contributed by atoms with Crippen molar-refractivity contribution in [3.05, 3.63) is 35.3 Å².